The Kier molecular flexibility index (Phi) is 1.71. The number of alkyl halides is 2. The van der Waals surface area contributed by atoms with Crippen molar-refractivity contribution in [1.82, 2.24) is 0 Å². The fraction of sp³-hybridized carbons (Fsp3) is 0.333. The van der Waals surface area contributed by atoms with Gasteiger partial charge in [-0.05, 0) is 17.7 Å². The number of benzene rings is 1. The van der Waals surface area contributed by atoms with Crippen LogP contribution in [0.2, 0.25) is 0 Å². The Morgan fingerprint density at radius 2 is 2.08 bits per heavy atom. The Morgan fingerprint density at radius 1 is 1.31 bits per heavy atom. The van der Waals surface area contributed by atoms with Crippen molar-refractivity contribution < 1.29 is 13.2 Å². The van der Waals surface area contributed by atoms with Crippen LogP contribution in [0.1, 0.15) is 5.56 Å². The van der Waals surface area contributed by atoms with E-state index in [0.29, 0.717) is 11.3 Å². The van der Waals surface area contributed by atoms with Gasteiger partial charge < -0.3 is 5.32 Å². The van der Waals surface area contributed by atoms with Crippen molar-refractivity contribution in [2.24, 2.45) is 0 Å². The molecule has 0 radical (unpaired) electrons. The predicted octanol–water partition coefficient (Wildman–Crippen LogP) is 2.43. The zero-order chi connectivity index (χ0) is 9.47. The minimum atomic E-state index is -2.72. The van der Waals surface area contributed by atoms with E-state index in [1.54, 1.807) is 0 Å². The average molecular weight is 187 g/mol. The molecule has 0 saturated heterocycles. The van der Waals surface area contributed by atoms with Crippen molar-refractivity contribution >= 4 is 5.69 Å². The van der Waals surface area contributed by atoms with Crippen LogP contribution in [0.3, 0.4) is 0 Å². The molecule has 4 heteroatoms. The molecule has 1 nitrogen and oxygen atoms in total. The molecule has 13 heavy (non-hydrogen) atoms. The fourth-order valence-corrected chi connectivity index (χ4v) is 1.43. The van der Waals surface area contributed by atoms with Crippen molar-refractivity contribution in [2.45, 2.75) is 12.3 Å². The van der Waals surface area contributed by atoms with Crippen LogP contribution in [0.4, 0.5) is 18.9 Å². The van der Waals surface area contributed by atoms with E-state index in [2.05, 4.69) is 5.32 Å². The van der Waals surface area contributed by atoms with E-state index in [1.165, 1.54) is 18.2 Å². The first-order valence-electron chi connectivity index (χ1n) is 3.97. The smallest absolute Gasteiger partial charge is 0.269 e. The molecule has 1 aromatic carbocycles. The maximum Gasteiger partial charge on any atom is 0.269 e. The van der Waals surface area contributed by atoms with E-state index in [0.717, 1.165) is 0 Å². The Balaban J connectivity index is 2.37. The molecule has 0 fully saturated rings. The van der Waals surface area contributed by atoms with E-state index in [1.807, 2.05) is 0 Å². The van der Waals surface area contributed by atoms with Gasteiger partial charge in [0.1, 0.15) is 5.82 Å². The molecule has 0 unspecified atom stereocenters. The fourth-order valence-electron chi connectivity index (χ4n) is 1.43. The molecule has 0 aliphatic carbocycles. The van der Waals surface area contributed by atoms with Gasteiger partial charge in [0.2, 0.25) is 0 Å². The number of nitrogens with one attached hydrogen (secondary N) is 1. The van der Waals surface area contributed by atoms with Crippen LogP contribution < -0.4 is 5.32 Å². The lowest BCUT2D eigenvalue weighted by molar-refractivity contribution is 0.0129. The van der Waals surface area contributed by atoms with Gasteiger partial charge in [-0.3, -0.25) is 0 Å². The molecule has 1 aliphatic rings. The summed E-state index contributed by atoms with van der Waals surface area (Å²) in [6.07, 6.45) is -0.310. The first-order chi connectivity index (χ1) is 6.07. The monoisotopic (exact) mass is 187 g/mol. The third-order valence-electron chi connectivity index (χ3n) is 2.06. The van der Waals surface area contributed by atoms with Crippen LogP contribution in [0.15, 0.2) is 18.2 Å². The summed E-state index contributed by atoms with van der Waals surface area (Å²) in [6.45, 7) is -0.413. The molecule has 0 bridgehead atoms. The summed E-state index contributed by atoms with van der Waals surface area (Å²) in [5, 5.41) is 2.50. The van der Waals surface area contributed by atoms with Gasteiger partial charge in [-0.2, -0.15) is 0 Å². The first kappa shape index (κ1) is 8.41. The Morgan fingerprint density at radius 3 is 2.85 bits per heavy atom. The highest BCUT2D eigenvalue weighted by molar-refractivity contribution is 5.54. The number of anilines is 1. The third kappa shape index (κ3) is 1.61. The Hall–Kier alpha value is -1.19. The van der Waals surface area contributed by atoms with Crippen LogP contribution in [0.5, 0.6) is 0 Å². The maximum absolute atomic E-state index is 12.8. The van der Waals surface area contributed by atoms with E-state index in [-0.39, 0.29) is 6.42 Å². The molecule has 2 rings (SSSR count). The van der Waals surface area contributed by atoms with Crippen LogP contribution in [0, 0.1) is 5.82 Å². The van der Waals surface area contributed by atoms with E-state index < -0.39 is 18.3 Å². The summed E-state index contributed by atoms with van der Waals surface area (Å²) in [7, 11) is 0. The average Bonchev–Trinajstić information content (AvgIpc) is 2.05. The lowest BCUT2D eigenvalue weighted by atomic mass is 10.0. The number of fused-ring (bicyclic) bond motifs is 1. The molecule has 0 amide bonds. The first-order valence-corrected chi connectivity index (χ1v) is 3.97. The summed E-state index contributed by atoms with van der Waals surface area (Å²) in [5.41, 5.74) is 0.948. The number of hydrogen-bond acceptors (Lipinski definition) is 1. The summed E-state index contributed by atoms with van der Waals surface area (Å²) in [5.74, 6) is -3.12. The van der Waals surface area contributed by atoms with Crippen molar-refractivity contribution in [3.63, 3.8) is 0 Å². The lowest BCUT2D eigenvalue weighted by Crippen LogP contribution is -2.34. The van der Waals surface area contributed by atoms with Crippen molar-refractivity contribution in [2.75, 3.05) is 11.9 Å². The van der Waals surface area contributed by atoms with Gasteiger partial charge in [0, 0.05) is 12.1 Å². The van der Waals surface area contributed by atoms with Crippen LogP contribution >= 0.6 is 0 Å². The van der Waals surface area contributed by atoms with E-state index in [4.69, 9.17) is 0 Å². The number of halogens is 3. The highest BCUT2D eigenvalue weighted by Crippen LogP contribution is 2.30. The second-order valence-electron chi connectivity index (χ2n) is 3.19. The summed E-state index contributed by atoms with van der Waals surface area (Å²) >= 11 is 0. The van der Waals surface area contributed by atoms with Gasteiger partial charge in [-0.25, -0.2) is 13.2 Å². The van der Waals surface area contributed by atoms with E-state index in [9.17, 15) is 13.2 Å². The van der Waals surface area contributed by atoms with Crippen LogP contribution in [-0.2, 0) is 6.42 Å². The van der Waals surface area contributed by atoms with E-state index >= 15 is 0 Å². The molecule has 0 saturated carbocycles. The molecule has 0 atom stereocenters. The molecule has 0 spiro atoms. The second kappa shape index (κ2) is 2.65. The predicted molar refractivity (Wildman–Crippen MR) is 43.5 cm³/mol. The largest absolute Gasteiger partial charge is 0.379 e. The lowest BCUT2D eigenvalue weighted by Gasteiger charge is -2.25. The van der Waals surface area contributed by atoms with Gasteiger partial charge in [0.15, 0.2) is 0 Å². The van der Waals surface area contributed by atoms with Crippen molar-refractivity contribution in [3.8, 4) is 0 Å². The molecule has 1 aromatic rings. The zero-order valence-corrected chi connectivity index (χ0v) is 6.78. The SMILES string of the molecule is Fc1ccc2c(c1)NCC(F)(F)C2. The highest BCUT2D eigenvalue weighted by atomic mass is 19.3. The highest BCUT2D eigenvalue weighted by Gasteiger charge is 2.33. The molecular weight excluding hydrogens is 179 g/mol. The minimum Gasteiger partial charge on any atom is -0.379 e. The van der Waals surface area contributed by atoms with Crippen LogP contribution in [-0.4, -0.2) is 12.5 Å². The molecule has 1 N–H and O–H groups in total. The topological polar surface area (TPSA) is 12.0 Å². The summed E-state index contributed by atoms with van der Waals surface area (Å²) in [6, 6.07) is 3.83. The third-order valence-corrected chi connectivity index (χ3v) is 2.06. The number of rotatable bonds is 0. The van der Waals surface area contributed by atoms with Gasteiger partial charge in [0.25, 0.3) is 5.92 Å². The second-order valence-corrected chi connectivity index (χ2v) is 3.19. The van der Waals surface area contributed by atoms with Gasteiger partial charge in [-0.1, -0.05) is 6.07 Å². The van der Waals surface area contributed by atoms with Gasteiger partial charge in [0.05, 0.1) is 6.54 Å². The molecule has 1 aliphatic heterocycles. The standard InChI is InChI=1S/C9H8F3N/c10-7-2-1-6-4-9(11,12)5-13-8(6)3-7/h1-3,13H,4-5H2. The van der Waals surface area contributed by atoms with Gasteiger partial charge in [-0.15, -0.1) is 0 Å². The maximum atomic E-state index is 12.8. The normalized spacial score (nSPS) is 19.0. The van der Waals surface area contributed by atoms with Crippen molar-refractivity contribution in [1.29, 1.82) is 0 Å². The van der Waals surface area contributed by atoms with Crippen molar-refractivity contribution in [3.05, 3.63) is 29.6 Å². The number of hydrogen-bond donors (Lipinski definition) is 1. The quantitative estimate of drug-likeness (QED) is 0.657. The summed E-state index contributed by atoms with van der Waals surface area (Å²) in [4.78, 5) is 0. The molecular formula is C9H8F3N. The minimum absolute atomic E-state index is 0.310. The zero-order valence-electron chi connectivity index (χ0n) is 6.78. The molecule has 0 aromatic heterocycles. The Labute approximate surface area is 73.6 Å². The Bertz CT molecular complexity index is 336. The van der Waals surface area contributed by atoms with Crippen LogP contribution in [0.25, 0.3) is 0 Å². The molecule has 1 heterocycles. The van der Waals surface area contributed by atoms with Gasteiger partial charge >= 0.3 is 0 Å². The summed E-state index contributed by atoms with van der Waals surface area (Å²) < 4.78 is 38.3. The molecule has 70 valence electrons.